The monoisotopic (exact) mass is 256 g/mol. The van der Waals surface area contributed by atoms with Gasteiger partial charge in [0.05, 0.1) is 11.6 Å². The first-order valence-corrected chi connectivity index (χ1v) is 6.45. The zero-order valence-corrected chi connectivity index (χ0v) is 10.8. The van der Waals surface area contributed by atoms with E-state index in [4.69, 9.17) is 5.26 Å². The van der Waals surface area contributed by atoms with Crippen LogP contribution in [0.1, 0.15) is 27.0 Å². The Labute approximate surface area is 110 Å². The Balaban J connectivity index is 2.04. The maximum Gasteiger partial charge on any atom is 0.251 e. The van der Waals surface area contributed by atoms with E-state index in [1.54, 1.807) is 35.6 Å². The highest BCUT2D eigenvalue weighted by Gasteiger charge is 2.07. The molecule has 1 heterocycles. The number of nitriles is 1. The first-order valence-electron chi connectivity index (χ1n) is 5.50. The smallest absolute Gasteiger partial charge is 0.251 e. The van der Waals surface area contributed by atoms with E-state index in [2.05, 4.69) is 10.7 Å². The highest BCUT2D eigenvalue weighted by molar-refractivity contribution is 7.08. The van der Waals surface area contributed by atoms with Crippen LogP contribution in [0.2, 0.25) is 0 Å². The Morgan fingerprint density at radius 3 is 2.94 bits per heavy atom. The molecule has 90 valence electrons. The van der Waals surface area contributed by atoms with Gasteiger partial charge in [-0.15, -0.1) is 0 Å². The summed E-state index contributed by atoms with van der Waals surface area (Å²) in [5, 5.41) is 15.7. The van der Waals surface area contributed by atoms with Gasteiger partial charge in [0, 0.05) is 12.1 Å². The summed E-state index contributed by atoms with van der Waals surface area (Å²) < 4.78 is 0. The zero-order valence-electron chi connectivity index (χ0n) is 9.93. The highest BCUT2D eigenvalue weighted by Crippen LogP contribution is 2.13. The predicted octanol–water partition coefficient (Wildman–Crippen LogP) is 2.86. The van der Waals surface area contributed by atoms with Crippen LogP contribution in [-0.4, -0.2) is 5.91 Å². The third-order valence-electron chi connectivity index (χ3n) is 2.65. The van der Waals surface area contributed by atoms with Crippen LogP contribution in [0, 0.1) is 18.3 Å². The van der Waals surface area contributed by atoms with E-state index in [1.807, 2.05) is 18.4 Å². The van der Waals surface area contributed by atoms with E-state index >= 15 is 0 Å². The second-order valence-corrected chi connectivity index (χ2v) is 4.70. The highest BCUT2D eigenvalue weighted by atomic mass is 32.1. The standard InChI is InChI=1S/C14H12N2OS/c1-10-8-18-9-13(10)7-16-14(17)12-4-2-3-11(5-12)6-15/h2-5,8-9H,7H2,1H3,(H,16,17). The fourth-order valence-electron chi connectivity index (χ4n) is 1.58. The second-order valence-electron chi connectivity index (χ2n) is 3.96. The van der Waals surface area contributed by atoms with Crippen molar-refractivity contribution in [1.29, 1.82) is 5.26 Å². The van der Waals surface area contributed by atoms with E-state index < -0.39 is 0 Å². The average molecular weight is 256 g/mol. The maximum absolute atomic E-state index is 11.9. The SMILES string of the molecule is Cc1cscc1CNC(=O)c1cccc(C#N)c1. The Hall–Kier alpha value is -2.12. The van der Waals surface area contributed by atoms with Crippen molar-refractivity contribution >= 4 is 17.2 Å². The molecular weight excluding hydrogens is 244 g/mol. The molecule has 0 fully saturated rings. The van der Waals surface area contributed by atoms with Gasteiger partial charge < -0.3 is 5.32 Å². The van der Waals surface area contributed by atoms with E-state index in [0.717, 1.165) is 5.56 Å². The Morgan fingerprint density at radius 1 is 1.44 bits per heavy atom. The van der Waals surface area contributed by atoms with Crippen molar-refractivity contribution in [2.24, 2.45) is 0 Å². The number of nitrogens with one attached hydrogen (secondary N) is 1. The Kier molecular flexibility index (Phi) is 3.75. The quantitative estimate of drug-likeness (QED) is 0.918. The minimum absolute atomic E-state index is 0.155. The van der Waals surface area contributed by atoms with Gasteiger partial charge in [-0.1, -0.05) is 6.07 Å². The summed E-state index contributed by atoms with van der Waals surface area (Å²) in [6, 6.07) is 8.71. The van der Waals surface area contributed by atoms with E-state index in [-0.39, 0.29) is 5.91 Å². The summed E-state index contributed by atoms with van der Waals surface area (Å²) in [5.41, 5.74) is 3.33. The number of benzene rings is 1. The molecule has 1 amide bonds. The summed E-state index contributed by atoms with van der Waals surface area (Å²) >= 11 is 1.63. The topological polar surface area (TPSA) is 52.9 Å². The molecule has 1 aromatic heterocycles. The van der Waals surface area contributed by atoms with Gasteiger partial charge in [-0.3, -0.25) is 4.79 Å². The lowest BCUT2D eigenvalue weighted by atomic mass is 10.1. The average Bonchev–Trinajstić information content (AvgIpc) is 2.81. The summed E-state index contributed by atoms with van der Waals surface area (Å²) in [6.45, 7) is 2.54. The lowest BCUT2D eigenvalue weighted by molar-refractivity contribution is 0.0951. The molecule has 0 saturated carbocycles. The van der Waals surface area contributed by atoms with Crippen molar-refractivity contribution < 1.29 is 4.79 Å². The van der Waals surface area contributed by atoms with Crippen LogP contribution in [0.25, 0.3) is 0 Å². The number of hydrogen-bond acceptors (Lipinski definition) is 3. The van der Waals surface area contributed by atoms with Crippen LogP contribution < -0.4 is 5.32 Å². The fraction of sp³-hybridized carbons (Fsp3) is 0.143. The normalized spacial score (nSPS) is 9.78. The molecule has 0 bridgehead atoms. The van der Waals surface area contributed by atoms with E-state index in [1.165, 1.54) is 5.56 Å². The number of carbonyl (C=O) groups is 1. The van der Waals surface area contributed by atoms with Crippen molar-refractivity contribution in [1.82, 2.24) is 5.32 Å². The van der Waals surface area contributed by atoms with E-state index in [0.29, 0.717) is 17.7 Å². The molecule has 0 aliphatic carbocycles. The lowest BCUT2D eigenvalue weighted by Gasteiger charge is -2.05. The first-order chi connectivity index (χ1) is 8.70. The third kappa shape index (κ3) is 2.76. The number of nitrogens with zero attached hydrogens (tertiary/aromatic N) is 1. The number of carbonyl (C=O) groups excluding carboxylic acids is 1. The van der Waals surface area contributed by atoms with Crippen LogP contribution in [0.4, 0.5) is 0 Å². The van der Waals surface area contributed by atoms with Crippen LogP contribution >= 0.6 is 11.3 Å². The molecule has 1 aromatic carbocycles. The summed E-state index contributed by atoms with van der Waals surface area (Å²) in [4.78, 5) is 11.9. The molecule has 0 aliphatic heterocycles. The van der Waals surface area contributed by atoms with Crippen molar-refractivity contribution in [3.05, 3.63) is 57.3 Å². The van der Waals surface area contributed by atoms with Crippen molar-refractivity contribution in [3.8, 4) is 6.07 Å². The molecule has 2 rings (SSSR count). The molecule has 2 aromatic rings. The van der Waals surface area contributed by atoms with Gasteiger partial charge in [0.15, 0.2) is 0 Å². The van der Waals surface area contributed by atoms with Crippen LogP contribution in [-0.2, 0) is 6.54 Å². The lowest BCUT2D eigenvalue weighted by Crippen LogP contribution is -2.22. The number of rotatable bonds is 3. The minimum atomic E-state index is -0.155. The first kappa shape index (κ1) is 12.3. The molecule has 0 spiro atoms. The van der Waals surface area contributed by atoms with Crippen molar-refractivity contribution in [2.75, 3.05) is 0 Å². The number of amides is 1. The van der Waals surface area contributed by atoms with Crippen LogP contribution in [0.15, 0.2) is 35.0 Å². The molecule has 0 atom stereocenters. The largest absolute Gasteiger partial charge is 0.348 e. The van der Waals surface area contributed by atoms with E-state index in [9.17, 15) is 4.79 Å². The van der Waals surface area contributed by atoms with Gasteiger partial charge in [0.2, 0.25) is 0 Å². The van der Waals surface area contributed by atoms with Gasteiger partial charge in [0.25, 0.3) is 5.91 Å². The summed E-state index contributed by atoms with van der Waals surface area (Å²) in [7, 11) is 0. The third-order valence-corrected chi connectivity index (χ3v) is 3.57. The van der Waals surface area contributed by atoms with Gasteiger partial charge in [-0.25, -0.2) is 0 Å². The molecule has 0 radical (unpaired) electrons. The maximum atomic E-state index is 11.9. The second kappa shape index (κ2) is 5.48. The molecule has 0 unspecified atom stereocenters. The number of thiophene rings is 1. The molecule has 3 nitrogen and oxygen atoms in total. The predicted molar refractivity (Wildman–Crippen MR) is 71.4 cm³/mol. The fourth-order valence-corrected chi connectivity index (χ4v) is 2.43. The summed E-state index contributed by atoms with van der Waals surface area (Å²) in [5.74, 6) is -0.155. The summed E-state index contributed by atoms with van der Waals surface area (Å²) in [6.07, 6.45) is 0. The number of hydrogen-bond donors (Lipinski definition) is 1. The van der Waals surface area contributed by atoms with Gasteiger partial charge in [-0.05, 0) is 47.0 Å². The number of aryl methyl sites for hydroxylation is 1. The van der Waals surface area contributed by atoms with Crippen LogP contribution in [0.5, 0.6) is 0 Å². The van der Waals surface area contributed by atoms with Gasteiger partial charge in [-0.2, -0.15) is 16.6 Å². The molecule has 18 heavy (non-hydrogen) atoms. The molecule has 1 N–H and O–H groups in total. The Bertz CT molecular complexity index is 610. The molecular formula is C14H12N2OS. The van der Waals surface area contributed by atoms with Crippen LogP contribution in [0.3, 0.4) is 0 Å². The Morgan fingerprint density at radius 2 is 2.28 bits per heavy atom. The molecule has 0 saturated heterocycles. The minimum Gasteiger partial charge on any atom is -0.348 e. The molecule has 4 heteroatoms. The molecule has 0 aliphatic rings. The van der Waals surface area contributed by atoms with Gasteiger partial charge >= 0.3 is 0 Å². The zero-order chi connectivity index (χ0) is 13.0. The van der Waals surface area contributed by atoms with Crippen molar-refractivity contribution in [2.45, 2.75) is 13.5 Å². The van der Waals surface area contributed by atoms with Gasteiger partial charge in [0.1, 0.15) is 0 Å². The van der Waals surface area contributed by atoms with Crippen molar-refractivity contribution in [3.63, 3.8) is 0 Å².